The molecule has 0 aromatic heterocycles. The average Bonchev–Trinajstić information content (AvgIpc) is 3.34. The summed E-state index contributed by atoms with van der Waals surface area (Å²) in [7, 11) is 0. The standard InChI is InChI=1S/C51H86N6O16S/c1-3-26-68-30-34-72-37-33-71-29-8-17-57(42(2)58)38-45(59)9-4-6-27-69-31-35-73-36-32-70-28-7-5-10-47(74)52-44-14-11-43(12-15-44)13-16-46(51(66)67)56-24-22-54(40-49(62)63)20-18-53(39-48(60)61)19-21-55(23-25-56)41-50(64)65/h11-12,14-15,46H,3-10,13,16-41H2,1-2H3,(H,52,74)(H,60,61)(H,62,63)(H,64,65)(H,66,67). The molecule has 0 aliphatic carbocycles. The Balaban J connectivity index is 1.59. The summed E-state index contributed by atoms with van der Waals surface area (Å²) in [5, 5.41) is 42.1. The Morgan fingerprint density at radius 2 is 1.00 bits per heavy atom. The van der Waals surface area contributed by atoms with E-state index in [2.05, 4.69) is 12.2 Å². The van der Waals surface area contributed by atoms with Gasteiger partial charge in [-0.05, 0) is 75.5 Å². The van der Waals surface area contributed by atoms with E-state index in [1.54, 1.807) is 24.5 Å². The molecule has 1 heterocycles. The summed E-state index contributed by atoms with van der Waals surface area (Å²) in [6.45, 7) is 11.3. The maximum absolute atomic E-state index is 12.7. The van der Waals surface area contributed by atoms with Crippen molar-refractivity contribution in [2.75, 3.05) is 170 Å². The van der Waals surface area contributed by atoms with Crippen molar-refractivity contribution in [3.63, 3.8) is 0 Å². The molecule has 1 unspecified atom stereocenters. The zero-order valence-corrected chi connectivity index (χ0v) is 44.8. The Hall–Kier alpha value is -4.27. The molecule has 1 aromatic rings. The number of carboxylic acid groups (broad SMARTS) is 4. The summed E-state index contributed by atoms with van der Waals surface area (Å²) in [5.41, 5.74) is 1.73. The quantitative estimate of drug-likeness (QED) is 0.0465. The highest BCUT2D eigenvalue weighted by atomic mass is 32.1. The number of unbranched alkanes of at least 4 members (excludes halogenated alkanes) is 2. The van der Waals surface area contributed by atoms with Crippen LogP contribution in [0.4, 0.5) is 5.69 Å². The number of hydrogen-bond donors (Lipinski definition) is 5. The minimum atomic E-state index is -1.05. The highest BCUT2D eigenvalue weighted by Gasteiger charge is 2.28. The Morgan fingerprint density at radius 3 is 1.43 bits per heavy atom. The van der Waals surface area contributed by atoms with Crippen LogP contribution in [-0.2, 0) is 63.6 Å². The number of carboxylic acids is 4. The molecule has 1 atom stereocenters. The van der Waals surface area contributed by atoms with E-state index in [0.29, 0.717) is 116 Å². The van der Waals surface area contributed by atoms with Crippen LogP contribution in [0.25, 0.3) is 0 Å². The molecular weight excluding hydrogens is 985 g/mol. The van der Waals surface area contributed by atoms with Gasteiger partial charge in [0.25, 0.3) is 0 Å². The second kappa shape index (κ2) is 41.9. The summed E-state index contributed by atoms with van der Waals surface area (Å²) in [5.74, 6) is -4.29. The number of nitrogens with zero attached hydrogens (tertiary/aromatic N) is 5. The molecule has 1 amide bonds. The van der Waals surface area contributed by atoms with Crippen molar-refractivity contribution in [1.29, 1.82) is 0 Å². The van der Waals surface area contributed by atoms with Gasteiger partial charge in [0.1, 0.15) is 6.04 Å². The predicted molar refractivity (Wildman–Crippen MR) is 281 cm³/mol. The first-order chi connectivity index (χ1) is 35.7. The number of carbonyl (C=O) groups excluding carboxylic acids is 2. The van der Waals surface area contributed by atoms with Crippen molar-refractivity contribution in [1.82, 2.24) is 24.5 Å². The van der Waals surface area contributed by atoms with Crippen LogP contribution in [-0.4, -0.2) is 256 Å². The van der Waals surface area contributed by atoms with Crippen LogP contribution >= 0.6 is 12.2 Å². The molecule has 0 radical (unpaired) electrons. The molecule has 0 bridgehead atoms. The highest BCUT2D eigenvalue weighted by molar-refractivity contribution is 7.80. The number of rotatable bonds is 42. The number of nitrogens with one attached hydrogen (secondary N) is 1. The molecule has 422 valence electrons. The van der Waals surface area contributed by atoms with E-state index in [-0.39, 0.29) is 96.6 Å². The van der Waals surface area contributed by atoms with E-state index in [0.717, 1.165) is 43.5 Å². The molecule has 1 aliphatic rings. The van der Waals surface area contributed by atoms with Crippen molar-refractivity contribution in [2.45, 2.75) is 84.1 Å². The van der Waals surface area contributed by atoms with E-state index in [1.807, 2.05) is 24.3 Å². The van der Waals surface area contributed by atoms with Gasteiger partial charge in [-0.15, -0.1) is 0 Å². The van der Waals surface area contributed by atoms with Crippen LogP contribution in [0.1, 0.15) is 77.2 Å². The molecule has 23 heteroatoms. The lowest BCUT2D eigenvalue weighted by Crippen LogP contribution is -2.51. The number of aliphatic carboxylic acids is 4. The van der Waals surface area contributed by atoms with E-state index >= 15 is 0 Å². The fourth-order valence-corrected chi connectivity index (χ4v) is 8.16. The van der Waals surface area contributed by atoms with Crippen molar-refractivity contribution in [3.8, 4) is 0 Å². The Bertz CT molecular complexity index is 1720. The van der Waals surface area contributed by atoms with Gasteiger partial charge in [-0.1, -0.05) is 31.3 Å². The second-order valence-electron chi connectivity index (χ2n) is 18.1. The fourth-order valence-electron chi connectivity index (χ4n) is 7.90. The average molecular weight is 1070 g/mol. The molecule has 1 saturated heterocycles. The minimum Gasteiger partial charge on any atom is -0.480 e. The van der Waals surface area contributed by atoms with Crippen LogP contribution in [0.15, 0.2) is 24.3 Å². The predicted octanol–water partition coefficient (Wildman–Crippen LogP) is 2.95. The van der Waals surface area contributed by atoms with Crippen LogP contribution in [0.5, 0.6) is 0 Å². The lowest BCUT2D eigenvalue weighted by atomic mass is 10.0. The number of Topliss-reactive ketones (excluding diaryl/α,β-unsaturated/α-hetero) is 1. The van der Waals surface area contributed by atoms with Gasteiger partial charge in [0, 0.05) is 104 Å². The van der Waals surface area contributed by atoms with Gasteiger partial charge in [0.15, 0.2) is 5.78 Å². The first kappa shape index (κ1) is 65.8. The molecule has 1 aromatic carbocycles. The van der Waals surface area contributed by atoms with Crippen LogP contribution in [0.2, 0.25) is 0 Å². The minimum absolute atomic E-state index is 0.0268. The largest absolute Gasteiger partial charge is 0.480 e. The van der Waals surface area contributed by atoms with Gasteiger partial charge in [-0.3, -0.25) is 48.4 Å². The first-order valence-electron chi connectivity index (χ1n) is 26.1. The molecule has 5 N–H and O–H groups in total. The Kier molecular flexibility index (Phi) is 37.3. The first-order valence-corrected chi connectivity index (χ1v) is 26.5. The van der Waals surface area contributed by atoms with Crippen LogP contribution in [0.3, 0.4) is 0 Å². The number of aryl methyl sites for hydroxylation is 1. The number of hydrogen-bond acceptors (Lipinski definition) is 17. The summed E-state index contributed by atoms with van der Waals surface area (Å²) >= 11 is 5.57. The molecule has 2 rings (SSSR count). The summed E-state index contributed by atoms with van der Waals surface area (Å²) in [4.78, 5) is 81.1. The SMILES string of the molecule is CCCOCCOCCOCCCN(CC(=O)CCCCOCCOCCOCCCCC(=S)Nc1ccc(CCC(C(=O)O)N2CCN(CC(=O)O)CCN(CC(=O)O)CCN(CC(=O)O)CC2)cc1)C(C)=O. The van der Waals surface area contributed by atoms with Gasteiger partial charge in [0.2, 0.25) is 5.91 Å². The van der Waals surface area contributed by atoms with E-state index in [4.69, 9.17) is 40.6 Å². The third-order valence-corrected chi connectivity index (χ3v) is 12.2. The normalized spacial score (nSPS) is 14.9. The van der Waals surface area contributed by atoms with E-state index in [1.165, 1.54) is 6.92 Å². The number of amides is 1. The smallest absolute Gasteiger partial charge is 0.320 e. The molecular formula is C51H86N6O16S. The van der Waals surface area contributed by atoms with E-state index < -0.39 is 29.9 Å². The molecule has 1 aliphatic heterocycles. The molecule has 74 heavy (non-hydrogen) atoms. The lowest BCUT2D eigenvalue weighted by Gasteiger charge is -2.35. The third kappa shape index (κ3) is 34.3. The summed E-state index contributed by atoms with van der Waals surface area (Å²) < 4.78 is 33.3. The number of ketones is 1. The van der Waals surface area contributed by atoms with Crippen molar-refractivity contribution < 1.29 is 77.6 Å². The maximum atomic E-state index is 12.7. The van der Waals surface area contributed by atoms with Crippen LogP contribution < -0.4 is 5.32 Å². The third-order valence-electron chi connectivity index (χ3n) is 11.9. The summed E-state index contributed by atoms with van der Waals surface area (Å²) in [6.07, 6.45) is 6.48. The highest BCUT2D eigenvalue weighted by Crippen LogP contribution is 2.16. The zero-order chi connectivity index (χ0) is 54.2. The van der Waals surface area contributed by atoms with Gasteiger partial charge in [0.05, 0.1) is 84.0 Å². The molecule has 1 fully saturated rings. The topological polar surface area (TPSA) is 267 Å². The monoisotopic (exact) mass is 1070 g/mol. The number of ether oxygens (including phenoxy) is 6. The lowest BCUT2D eigenvalue weighted by molar-refractivity contribution is -0.145. The maximum Gasteiger partial charge on any atom is 0.320 e. The van der Waals surface area contributed by atoms with Gasteiger partial charge >= 0.3 is 23.9 Å². The Labute approximate surface area is 442 Å². The molecule has 22 nitrogen and oxygen atoms in total. The number of anilines is 1. The number of carbonyl (C=O) groups is 6. The second-order valence-corrected chi connectivity index (χ2v) is 18.6. The Morgan fingerprint density at radius 1 is 0.581 bits per heavy atom. The van der Waals surface area contributed by atoms with Crippen LogP contribution in [0, 0.1) is 0 Å². The molecule has 0 saturated carbocycles. The molecule has 0 spiro atoms. The van der Waals surface area contributed by atoms with Gasteiger partial charge < -0.3 is 59.1 Å². The number of thiocarbonyl (C=S) groups is 1. The van der Waals surface area contributed by atoms with Crippen molar-refractivity contribution >= 4 is 58.5 Å². The van der Waals surface area contributed by atoms with Gasteiger partial charge in [-0.25, -0.2) is 0 Å². The van der Waals surface area contributed by atoms with Crippen molar-refractivity contribution in [3.05, 3.63) is 29.8 Å². The van der Waals surface area contributed by atoms with Crippen molar-refractivity contribution in [2.24, 2.45) is 0 Å². The summed E-state index contributed by atoms with van der Waals surface area (Å²) in [6, 6.07) is 6.70. The van der Waals surface area contributed by atoms with E-state index in [9.17, 15) is 49.2 Å². The zero-order valence-electron chi connectivity index (χ0n) is 44.0. The fraction of sp³-hybridized carbons (Fsp3) is 0.745. The van der Waals surface area contributed by atoms with Gasteiger partial charge in [-0.2, -0.15) is 0 Å². The number of benzene rings is 1.